The van der Waals surface area contributed by atoms with Crippen molar-refractivity contribution >= 4 is 11.5 Å². The van der Waals surface area contributed by atoms with Crippen molar-refractivity contribution in [2.75, 3.05) is 28.2 Å². The first-order chi connectivity index (χ1) is 8.02. The van der Waals surface area contributed by atoms with Gasteiger partial charge in [-0.25, -0.2) is 0 Å². The molecule has 0 aromatic heterocycles. The second-order valence-corrected chi connectivity index (χ2v) is 4.25. The first kappa shape index (κ1) is 11.4. The standard InChI is InChI=1S/C11H15N5O/c1-14(2)11(15(3)4)8-6-5-7-9-10(8)16(17)13-12-9/h5-7H,1-4H3. The van der Waals surface area contributed by atoms with E-state index in [2.05, 4.69) is 10.3 Å². The molecule has 0 N–H and O–H groups in total. The van der Waals surface area contributed by atoms with Crippen LogP contribution in [0.2, 0.25) is 0 Å². The van der Waals surface area contributed by atoms with Crippen LogP contribution in [0.4, 0.5) is 5.69 Å². The quantitative estimate of drug-likeness (QED) is 0.528. The van der Waals surface area contributed by atoms with E-state index in [4.69, 9.17) is 0 Å². The van der Waals surface area contributed by atoms with Crippen LogP contribution in [0.1, 0.15) is 0 Å². The fraction of sp³-hybridized carbons (Fsp3) is 0.364. The van der Waals surface area contributed by atoms with Crippen molar-refractivity contribution in [3.05, 3.63) is 34.0 Å². The van der Waals surface area contributed by atoms with Gasteiger partial charge in [-0.1, -0.05) is 6.07 Å². The zero-order valence-electron chi connectivity index (χ0n) is 10.4. The van der Waals surface area contributed by atoms with E-state index in [1.165, 1.54) is 0 Å². The summed E-state index contributed by atoms with van der Waals surface area (Å²) in [5.41, 5.74) is 0.610. The monoisotopic (exact) mass is 233 g/mol. The summed E-state index contributed by atoms with van der Waals surface area (Å²) in [6, 6.07) is 5.55. The molecule has 0 saturated heterocycles. The zero-order valence-corrected chi connectivity index (χ0v) is 10.4. The van der Waals surface area contributed by atoms with Crippen LogP contribution in [-0.2, 0) is 0 Å². The second kappa shape index (κ2) is 4.04. The number of hydrogen-bond acceptors (Lipinski definition) is 5. The van der Waals surface area contributed by atoms with Crippen LogP contribution in [0.5, 0.6) is 0 Å². The van der Waals surface area contributed by atoms with Crippen LogP contribution >= 0.6 is 0 Å². The van der Waals surface area contributed by atoms with Gasteiger partial charge >= 0.3 is 0 Å². The van der Waals surface area contributed by atoms with Gasteiger partial charge in [0.25, 0.3) is 5.69 Å². The van der Waals surface area contributed by atoms with Gasteiger partial charge in [-0.15, -0.1) is 4.85 Å². The summed E-state index contributed by atoms with van der Waals surface area (Å²) in [4.78, 5) is 4.49. The highest BCUT2D eigenvalue weighted by atomic mass is 16.5. The summed E-state index contributed by atoms with van der Waals surface area (Å²) in [7, 11) is 7.75. The number of nitrogens with zero attached hydrogens (tertiary/aromatic N) is 5. The molecule has 1 heterocycles. The SMILES string of the molecule is CN(C)C(=c1cccc2c1=[N+]([O-])N=N2)N(C)C. The lowest BCUT2D eigenvalue weighted by atomic mass is 10.2. The number of hydrogen-bond donors (Lipinski definition) is 0. The summed E-state index contributed by atoms with van der Waals surface area (Å²) in [5, 5.41) is 20.3. The molecule has 90 valence electrons. The van der Waals surface area contributed by atoms with E-state index >= 15 is 0 Å². The number of rotatable bonds is 2. The Balaban J connectivity index is 2.91. The van der Waals surface area contributed by atoms with E-state index in [0.29, 0.717) is 15.9 Å². The molecule has 0 amide bonds. The maximum absolute atomic E-state index is 11.6. The molecule has 0 spiro atoms. The normalized spacial score (nSPS) is 12.6. The Bertz CT molecular complexity index is 578. The van der Waals surface area contributed by atoms with Gasteiger partial charge in [-0.05, 0) is 12.1 Å². The fourth-order valence-corrected chi connectivity index (χ4v) is 2.01. The topological polar surface area (TPSA) is 57.3 Å². The maximum Gasteiger partial charge on any atom is 0.253 e. The molecule has 1 aliphatic heterocycles. The third-order valence-electron chi connectivity index (χ3n) is 2.53. The zero-order chi connectivity index (χ0) is 12.6. The first-order valence-electron chi connectivity index (χ1n) is 5.26. The summed E-state index contributed by atoms with van der Waals surface area (Å²) < 4.78 is 0. The molecule has 1 aromatic carbocycles. The Kier molecular flexibility index (Phi) is 2.71. The smallest absolute Gasteiger partial charge is 0.253 e. The summed E-state index contributed by atoms with van der Waals surface area (Å²) in [5.74, 6) is 0.940. The molecule has 1 aromatic rings. The average molecular weight is 233 g/mol. The van der Waals surface area contributed by atoms with Crippen LogP contribution in [0.3, 0.4) is 0 Å². The summed E-state index contributed by atoms with van der Waals surface area (Å²) >= 11 is 0. The van der Waals surface area contributed by atoms with Crippen LogP contribution in [0.25, 0.3) is 5.82 Å². The average Bonchev–Trinajstić information content (AvgIpc) is 2.60. The van der Waals surface area contributed by atoms with Crippen molar-refractivity contribution in [2.45, 2.75) is 0 Å². The fourth-order valence-electron chi connectivity index (χ4n) is 2.01. The van der Waals surface area contributed by atoms with E-state index < -0.39 is 0 Å². The van der Waals surface area contributed by atoms with E-state index in [-0.39, 0.29) is 0 Å². The van der Waals surface area contributed by atoms with Crippen molar-refractivity contribution in [3.63, 3.8) is 0 Å². The molecule has 0 aliphatic carbocycles. The van der Waals surface area contributed by atoms with E-state index in [1.807, 2.05) is 50.1 Å². The minimum absolute atomic E-state index is 0.505. The maximum atomic E-state index is 11.6. The van der Waals surface area contributed by atoms with Gasteiger partial charge in [0.15, 0.2) is 0 Å². The van der Waals surface area contributed by atoms with Gasteiger partial charge in [-0.2, -0.15) is 0 Å². The van der Waals surface area contributed by atoms with Crippen molar-refractivity contribution in [1.82, 2.24) is 14.6 Å². The third kappa shape index (κ3) is 1.82. The second-order valence-electron chi connectivity index (χ2n) is 4.25. The van der Waals surface area contributed by atoms with Crippen molar-refractivity contribution in [3.8, 4) is 0 Å². The predicted molar refractivity (Wildman–Crippen MR) is 65.6 cm³/mol. The Morgan fingerprint density at radius 1 is 1.18 bits per heavy atom. The van der Waals surface area contributed by atoms with Gasteiger partial charge in [0.2, 0.25) is 5.36 Å². The molecule has 0 bridgehead atoms. The van der Waals surface area contributed by atoms with Gasteiger partial charge in [-0.3, -0.25) is 0 Å². The van der Waals surface area contributed by atoms with Gasteiger partial charge < -0.3 is 15.0 Å². The highest BCUT2D eigenvalue weighted by Gasteiger charge is 2.17. The van der Waals surface area contributed by atoms with E-state index in [9.17, 15) is 5.21 Å². The number of benzene rings is 1. The van der Waals surface area contributed by atoms with Gasteiger partial charge in [0.05, 0.1) is 10.3 Å². The summed E-state index contributed by atoms with van der Waals surface area (Å²) in [6.45, 7) is 0. The number of para-hydroxylation sites is 1. The molecular weight excluding hydrogens is 218 g/mol. The predicted octanol–water partition coefficient (Wildman–Crippen LogP) is -0.123. The largest absolute Gasteiger partial charge is 0.691 e. The summed E-state index contributed by atoms with van der Waals surface area (Å²) in [6.07, 6.45) is 0. The van der Waals surface area contributed by atoms with E-state index in [1.54, 1.807) is 6.07 Å². The van der Waals surface area contributed by atoms with Gasteiger partial charge in [0, 0.05) is 28.2 Å². The molecule has 0 unspecified atom stereocenters. The Morgan fingerprint density at radius 3 is 2.41 bits per heavy atom. The lowest BCUT2D eigenvalue weighted by Crippen LogP contribution is -2.41. The van der Waals surface area contributed by atoms with Crippen LogP contribution < -0.4 is 15.4 Å². The minimum Gasteiger partial charge on any atom is -0.691 e. The first-order valence-corrected chi connectivity index (χ1v) is 5.26. The highest BCUT2D eigenvalue weighted by molar-refractivity contribution is 5.46. The molecule has 1 aliphatic rings. The van der Waals surface area contributed by atoms with E-state index in [0.717, 1.165) is 11.0 Å². The Morgan fingerprint density at radius 2 is 1.82 bits per heavy atom. The van der Waals surface area contributed by atoms with Crippen molar-refractivity contribution in [1.29, 1.82) is 0 Å². The lowest BCUT2D eigenvalue weighted by Gasteiger charge is -2.24. The molecule has 6 nitrogen and oxygen atoms in total. The molecule has 17 heavy (non-hydrogen) atoms. The molecule has 6 heteroatoms. The molecule has 0 radical (unpaired) electrons. The molecule has 0 saturated carbocycles. The molecule has 2 rings (SSSR count). The third-order valence-corrected chi connectivity index (χ3v) is 2.53. The molecule has 0 atom stereocenters. The molecule has 0 fully saturated rings. The molecular formula is C11H15N5O. The number of fused-ring (bicyclic) bond motifs is 1. The van der Waals surface area contributed by atoms with Gasteiger partial charge in [0.1, 0.15) is 11.0 Å². The van der Waals surface area contributed by atoms with Crippen LogP contribution in [0, 0.1) is 5.21 Å². The minimum atomic E-state index is 0.505. The van der Waals surface area contributed by atoms with Crippen LogP contribution in [-0.4, -0.2) is 38.0 Å². The highest BCUT2D eigenvalue weighted by Crippen LogP contribution is 2.07. The van der Waals surface area contributed by atoms with Crippen molar-refractivity contribution < 1.29 is 0 Å². The van der Waals surface area contributed by atoms with Crippen LogP contribution in [0.15, 0.2) is 28.5 Å². The van der Waals surface area contributed by atoms with Crippen molar-refractivity contribution in [2.24, 2.45) is 10.3 Å². The lowest BCUT2D eigenvalue weighted by molar-refractivity contribution is 0.430. The Hall–Kier alpha value is -2.11. The Labute approximate surface area is 99.4 Å².